The molecule has 0 spiro atoms. The van der Waals surface area contributed by atoms with Gasteiger partial charge in [-0.2, -0.15) is 8.78 Å². The fourth-order valence-electron chi connectivity index (χ4n) is 2.74. The van der Waals surface area contributed by atoms with E-state index in [9.17, 15) is 18.4 Å². The van der Waals surface area contributed by atoms with E-state index in [-0.39, 0.29) is 23.7 Å². The van der Waals surface area contributed by atoms with Gasteiger partial charge in [0.15, 0.2) is 0 Å². The van der Waals surface area contributed by atoms with Crippen LogP contribution in [0.1, 0.15) is 22.7 Å². The van der Waals surface area contributed by atoms with Crippen LogP contribution in [0, 0.1) is 6.92 Å². The topological polar surface area (TPSA) is 84.4 Å². The molecule has 2 aromatic rings. The number of nitrogens with one attached hydrogen (secondary N) is 1. The summed E-state index contributed by atoms with van der Waals surface area (Å²) in [6.07, 6.45) is 1.80. The van der Waals surface area contributed by atoms with Gasteiger partial charge in [-0.15, -0.1) is 0 Å². The monoisotopic (exact) mass is 362 g/mol. The van der Waals surface area contributed by atoms with Crippen molar-refractivity contribution in [3.8, 4) is 5.75 Å². The van der Waals surface area contributed by atoms with E-state index in [4.69, 9.17) is 0 Å². The molecule has 1 N–H and O–H groups in total. The van der Waals surface area contributed by atoms with Gasteiger partial charge >= 0.3 is 6.61 Å². The van der Waals surface area contributed by atoms with Crippen molar-refractivity contribution in [2.24, 2.45) is 0 Å². The van der Waals surface area contributed by atoms with Gasteiger partial charge in [-0.3, -0.25) is 9.59 Å². The predicted octanol–water partition coefficient (Wildman–Crippen LogP) is 1.92. The van der Waals surface area contributed by atoms with Crippen molar-refractivity contribution in [2.45, 2.75) is 26.0 Å². The average Bonchev–Trinajstić information content (AvgIpc) is 2.95. The minimum Gasteiger partial charge on any atom is -0.433 e. The van der Waals surface area contributed by atoms with Crippen LogP contribution in [0.5, 0.6) is 5.75 Å². The second-order valence-corrected chi connectivity index (χ2v) is 5.64. The lowest BCUT2D eigenvalue weighted by molar-refractivity contribution is -0.118. The number of aryl methyl sites for hydroxylation is 1. The van der Waals surface area contributed by atoms with Crippen LogP contribution >= 0.6 is 0 Å². The summed E-state index contributed by atoms with van der Waals surface area (Å²) >= 11 is 0. The number of alkyl halides is 2. The number of carbonyl (C=O) groups is 2. The Kier molecular flexibility index (Phi) is 5.06. The van der Waals surface area contributed by atoms with Crippen molar-refractivity contribution in [1.82, 2.24) is 15.3 Å². The molecule has 2 amide bonds. The predicted molar refractivity (Wildman–Crippen MR) is 88.1 cm³/mol. The van der Waals surface area contributed by atoms with Crippen LogP contribution in [0.2, 0.25) is 0 Å². The van der Waals surface area contributed by atoms with Crippen LogP contribution in [-0.2, 0) is 4.79 Å². The lowest BCUT2D eigenvalue weighted by Gasteiger charge is -2.20. The Balaban J connectivity index is 1.74. The third kappa shape index (κ3) is 3.76. The van der Waals surface area contributed by atoms with E-state index >= 15 is 0 Å². The highest BCUT2D eigenvalue weighted by molar-refractivity contribution is 6.04. The molecule has 7 nitrogen and oxygen atoms in total. The van der Waals surface area contributed by atoms with Crippen molar-refractivity contribution < 1.29 is 23.1 Å². The standard InChI is InChI=1S/C17H16F2N4O3/c1-10-20-8-6-11(21-10)15(24)22-12-7-9-23(16(12)25)13-4-2-3-5-14(13)26-17(18)19/h2-6,8,12,17H,7,9H2,1H3,(H,22,24)/t12-/m0/s1. The van der Waals surface area contributed by atoms with Crippen molar-refractivity contribution >= 4 is 17.5 Å². The normalized spacial score (nSPS) is 16.8. The molecule has 0 unspecified atom stereocenters. The van der Waals surface area contributed by atoms with Gasteiger partial charge in [-0.05, 0) is 31.5 Å². The van der Waals surface area contributed by atoms with E-state index in [1.165, 1.54) is 29.3 Å². The summed E-state index contributed by atoms with van der Waals surface area (Å²) in [5.41, 5.74) is 0.401. The molecule has 1 aromatic heterocycles. The first-order valence-corrected chi connectivity index (χ1v) is 7.91. The molecule has 136 valence electrons. The van der Waals surface area contributed by atoms with E-state index in [0.717, 1.165) is 0 Å². The number of hydrogen-bond acceptors (Lipinski definition) is 5. The van der Waals surface area contributed by atoms with Gasteiger partial charge in [0.2, 0.25) is 5.91 Å². The van der Waals surface area contributed by atoms with E-state index in [1.807, 2.05) is 0 Å². The maximum atomic E-state index is 12.6. The van der Waals surface area contributed by atoms with Crippen molar-refractivity contribution in [3.05, 3.63) is 48.0 Å². The number of ether oxygens (including phenoxy) is 1. The zero-order chi connectivity index (χ0) is 18.7. The Hall–Kier alpha value is -3.10. The first kappa shape index (κ1) is 17.7. The molecule has 0 saturated carbocycles. The second kappa shape index (κ2) is 7.42. The average molecular weight is 362 g/mol. The molecular weight excluding hydrogens is 346 g/mol. The van der Waals surface area contributed by atoms with Crippen LogP contribution in [-0.4, -0.2) is 41.0 Å². The van der Waals surface area contributed by atoms with Gasteiger partial charge in [0.05, 0.1) is 5.69 Å². The molecule has 0 aliphatic carbocycles. The number of amides is 2. The number of anilines is 1. The number of carbonyl (C=O) groups excluding carboxylic acids is 2. The summed E-state index contributed by atoms with van der Waals surface area (Å²) in [6.45, 7) is -1.07. The summed E-state index contributed by atoms with van der Waals surface area (Å²) in [5.74, 6) is -0.536. The van der Waals surface area contributed by atoms with Crippen molar-refractivity contribution in [1.29, 1.82) is 0 Å². The molecule has 0 bridgehead atoms. The third-order valence-corrected chi connectivity index (χ3v) is 3.89. The molecule has 9 heteroatoms. The Morgan fingerprint density at radius 3 is 2.85 bits per heavy atom. The Morgan fingerprint density at radius 2 is 2.12 bits per heavy atom. The van der Waals surface area contributed by atoms with Gasteiger partial charge in [0.25, 0.3) is 5.91 Å². The summed E-state index contributed by atoms with van der Waals surface area (Å²) in [6, 6.07) is 6.73. The largest absolute Gasteiger partial charge is 0.433 e. The number of para-hydroxylation sites is 2. The smallest absolute Gasteiger partial charge is 0.387 e. The summed E-state index contributed by atoms with van der Waals surface area (Å²) in [5, 5.41) is 2.62. The number of halogens is 2. The highest BCUT2D eigenvalue weighted by atomic mass is 19.3. The van der Waals surface area contributed by atoms with Gasteiger partial charge in [0.1, 0.15) is 23.3 Å². The maximum absolute atomic E-state index is 12.6. The van der Waals surface area contributed by atoms with E-state index in [1.54, 1.807) is 19.1 Å². The Labute approximate surface area is 148 Å². The summed E-state index contributed by atoms with van der Waals surface area (Å²) < 4.78 is 29.6. The number of aromatic nitrogens is 2. The number of hydrogen-bond donors (Lipinski definition) is 1. The SMILES string of the molecule is Cc1nccc(C(=O)N[C@H]2CCN(c3ccccc3OC(F)F)C2=O)n1. The molecule has 1 aromatic carbocycles. The maximum Gasteiger partial charge on any atom is 0.387 e. The van der Waals surface area contributed by atoms with Crippen molar-refractivity contribution in [2.75, 3.05) is 11.4 Å². The second-order valence-electron chi connectivity index (χ2n) is 5.64. The molecule has 1 atom stereocenters. The molecule has 0 radical (unpaired) electrons. The van der Waals surface area contributed by atoms with Crippen LogP contribution in [0.25, 0.3) is 0 Å². The molecular formula is C17H16F2N4O3. The number of rotatable bonds is 5. The van der Waals surface area contributed by atoms with Crippen molar-refractivity contribution in [3.63, 3.8) is 0 Å². The van der Waals surface area contributed by atoms with Gasteiger partial charge in [-0.25, -0.2) is 9.97 Å². The number of nitrogens with zero attached hydrogens (tertiary/aromatic N) is 3. The quantitative estimate of drug-likeness (QED) is 0.879. The van der Waals surface area contributed by atoms with Gasteiger partial charge < -0.3 is 15.0 Å². The Morgan fingerprint density at radius 1 is 1.35 bits per heavy atom. The lowest BCUT2D eigenvalue weighted by atomic mass is 10.2. The van der Waals surface area contributed by atoms with Crippen LogP contribution in [0.4, 0.5) is 14.5 Å². The van der Waals surface area contributed by atoms with Crippen LogP contribution in [0.3, 0.4) is 0 Å². The van der Waals surface area contributed by atoms with E-state index in [2.05, 4.69) is 20.0 Å². The molecule has 1 aliphatic heterocycles. The highest BCUT2D eigenvalue weighted by Gasteiger charge is 2.35. The third-order valence-electron chi connectivity index (χ3n) is 3.89. The highest BCUT2D eigenvalue weighted by Crippen LogP contribution is 2.32. The van der Waals surface area contributed by atoms with Gasteiger partial charge in [0, 0.05) is 12.7 Å². The molecule has 1 fully saturated rings. The molecule has 1 saturated heterocycles. The number of benzene rings is 1. The molecule has 3 rings (SSSR count). The zero-order valence-corrected chi connectivity index (χ0v) is 13.9. The minimum absolute atomic E-state index is 0.0887. The molecule has 1 aliphatic rings. The fourth-order valence-corrected chi connectivity index (χ4v) is 2.74. The fraction of sp³-hybridized carbons (Fsp3) is 0.294. The first-order chi connectivity index (χ1) is 12.5. The lowest BCUT2D eigenvalue weighted by Crippen LogP contribution is -2.42. The first-order valence-electron chi connectivity index (χ1n) is 7.91. The minimum atomic E-state index is -3.00. The van der Waals surface area contributed by atoms with E-state index in [0.29, 0.717) is 12.2 Å². The van der Waals surface area contributed by atoms with Crippen LogP contribution in [0.15, 0.2) is 36.5 Å². The Bertz CT molecular complexity index is 831. The molecule has 26 heavy (non-hydrogen) atoms. The van der Waals surface area contributed by atoms with E-state index < -0.39 is 24.5 Å². The summed E-state index contributed by atoms with van der Waals surface area (Å²) in [7, 11) is 0. The zero-order valence-electron chi connectivity index (χ0n) is 13.9. The summed E-state index contributed by atoms with van der Waals surface area (Å²) in [4.78, 5) is 34.1. The van der Waals surface area contributed by atoms with Crippen LogP contribution < -0.4 is 15.0 Å². The molecule has 2 heterocycles. The van der Waals surface area contributed by atoms with Gasteiger partial charge in [-0.1, -0.05) is 12.1 Å².